The summed E-state index contributed by atoms with van der Waals surface area (Å²) in [5.41, 5.74) is 5.84. The summed E-state index contributed by atoms with van der Waals surface area (Å²) in [4.78, 5) is 0. The first kappa shape index (κ1) is 13.1. The van der Waals surface area contributed by atoms with Crippen LogP contribution >= 0.6 is 12.4 Å². The molecule has 0 atom stereocenters. The van der Waals surface area contributed by atoms with Crippen LogP contribution in [0.1, 0.15) is 5.56 Å². The number of benzene rings is 1. The summed E-state index contributed by atoms with van der Waals surface area (Å²) in [6.45, 7) is 0.190. The summed E-state index contributed by atoms with van der Waals surface area (Å²) < 4.78 is 38.9. The summed E-state index contributed by atoms with van der Waals surface area (Å²) in [7, 11) is 0. The van der Waals surface area contributed by atoms with Crippen LogP contribution in [-0.2, 0) is 6.54 Å². The molecule has 0 saturated heterocycles. The highest BCUT2D eigenvalue weighted by molar-refractivity contribution is 5.85. The van der Waals surface area contributed by atoms with Crippen molar-refractivity contribution in [1.29, 1.82) is 0 Å². The molecule has 14 heavy (non-hydrogen) atoms. The minimum Gasteiger partial charge on any atom is -0.406 e. The van der Waals surface area contributed by atoms with Crippen molar-refractivity contribution in [3.63, 3.8) is 0 Å². The predicted octanol–water partition coefficient (Wildman–Crippen LogP) is 2.47. The van der Waals surface area contributed by atoms with Crippen molar-refractivity contribution in [3.05, 3.63) is 29.8 Å². The molecule has 0 fully saturated rings. The molecule has 1 aromatic rings. The fourth-order valence-electron chi connectivity index (χ4n) is 0.870. The third-order valence-corrected chi connectivity index (χ3v) is 1.37. The van der Waals surface area contributed by atoms with Crippen molar-refractivity contribution in [1.82, 2.24) is 0 Å². The Labute approximate surface area is 85.3 Å². The number of hydrogen-bond acceptors (Lipinski definition) is 2. The van der Waals surface area contributed by atoms with Crippen molar-refractivity contribution in [3.8, 4) is 5.75 Å². The van der Waals surface area contributed by atoms with Gasteiger partial charge < -0.3 is 10.5 Å². The van der Waals surface area contributed by atoms with Crippen LogP contribution in [-0.4, -0.2) is 6.36 Å². The SMILES string of the molecule is Cl.NCc1cccc(OC(F)(F)F)c1. The molecule has 0 saturated carbocycles. The van der Waals surface area contributed by atoms with Gasteiger partial charge in [0.05, 0.1) is 0 Å². The second kappa shape index (κ2) is 5.07. The van der Waals surface area contributed by atoms with Gasteiger partial charge in [0, 0.05) is 6.54 Å². The second-order valence-electron chi connectivity index (χ2n) is 2.40. The van der Waals surface area contributed by atoms with Gasteiger partial charge >= 0.3 is 6.36 Å². The minimum absolute atomic E-state index is 0. The molecule has 0 aliphatic heterocycles. The smallest absolute Gasteiger partial charge is 0.406 e. The molecule has 6 heteroatoms. The zero-order valence-electron chi connectivity index (χ0n) is 7.04. The molecule has 2 N–H and O–H groups in total. The van der Waals surface area contributed by atoms with Crippen LogP contribution in [0.3, 0.4) is 0 Å². The number of hydrogen-bond donors (Lipinski definition) is 1. The zero-order valence-corrected chi connectivity index (χ0v) is 7.86. The van der Waals surface area contributed by atoms with Crippen molar-refractivity contribution in [2.45, 2.75) is 12.9 Å². The maximum atomic E-state index is 11.7. The summed E-state index contributed by atoms with van der Waals surface area (Å²) >= 11 is 0. The third-order valence-electron chi connectivity index (χ3n) is 1.37. The fraction of sp³-hybridized carbons (Fsp3) is 0.250. The molecule has 0 aliphatic carbocycles. The van der Waals surface area contributed by atoms with E-state index in [0.717, 1.165) is 0 Å². The van der Waals surface area contributed by atoms with Gasteiger partial charge in [-0.3, -0.25) is 0 Å². The van der Waals surface area contributed by atoms with Gasteiger partial charge in [-0.2, -0.15) is 0 Å². The third kappa shape index (κ3) is 4.34. The van der Waals surface area contributed by atoms with Gasteiger partial charge in [0.1, 0.15) is 5.75 Å². The highest BCUT2D eigenvalue weighted by atomic mass is 35.5. The average Bonchev–Trinajstić information content (AvgIpc) is 2.01. The topological polar surface area (TPSA) is 35.2 Å². The lowest BCUT2D eigenvalue weighted by Crippen LogP contribution is -2.17. The lowest BCUT2D eigenvalue weighted by molar-refractivity contribution is -0.274. The molecule has 0 amide bonds. The Morgan fingerprint density at radius 1 is 1.29 bits per heavy atom. The Bertz CT molecular complexity index is 290. The van der Waals surface area contributed by atoms with Gasteiger partial charge in [-0.15, -0.1) is 25.6 Å². The van der Waals surface area contributed by atoms with Crippen molar-refractivity contribution in [2.75, 3.05) is 0 Å². The Balaban J connectivity index is 0.00000169. The van der Waals surface area contributed by atoms with Crippen molar-refractivity contribution >= 4 is 12.4 Å². The summed E-state index contributed by atoms with van der Waals surface area (Å²) in [5, 5.41) is 0. The van der Waals surface area contributed by atoms with E-state index in [-0.39, 0.29) is 24.7 Å². The molecule has 2 nitrogen and oxygen atoms in total. The van der Waals surface area contributed by atoms with E-state index in [4.69, 9.17) is 5.73 Å². The van der Waals surface area contributed by atoms with Crippen LogP contribution in [0.2, 0.25) is 0 Å². The Morgan fingerprint density at radius 3 is 2.43 bits per heavy atom. The van der Waals surface area contributed by atoms with Crippen LogP contribution in [0, 0.1) is 0 Å². The molecule has 1 rings (SSSR count). The van der Waals surface area contributed by atoms with Crippen LogP contribution < -0.4 is 10.5 Å². The molecule has 0 aromatic heterocycles. The van der Waals surface area contributed by atoms with E-state index in [1.807, 2.05) is 0 Å². The maximum absolute atomic E-state index is 11.7. The summed E-state index contributed by atoms with van der Waals surface area (Å²) in [5.74, 6) is -0.240. The van der Waals surface area contributed by atoms with Crippen molar-refractivity contribution in [2.24, 2.45) is 5.73 Å². The highest BCUT2D eigenvalue weighted by Crippen LogP contribution is 2.22. The molecule has 0 aliphatic rings. The number of halogens is 4. The van der Waals surface area contributed by atoms with Crippen molar-refractivity contribution < 1.29 is 17.9 Å². The number of ether oxygens (including phenoxy) is 1. The molecular weight excluding hydrogens is 219 g/mol. The molecule has 0 radical (unpaired) electrons. The molecule has 1 aromatic carbocycles. The standard InChI is InChI=1S/C8H8F3NO.ClH/c9-8(10,11)13-7-3-1-2-6(4-7)5-12;/h1-4H,5,12H2;1H. The van der Waals surface area contributed by atoms with Crippen LogP contribution in [0.5, 0.6) is 5.75 Å². The van der Waals surface area contributed by atoms with E-state index in [1.54, 1.807) is 6.07 Å². The lowest BCUT2D eigenvalue weighted by atomic mass is 10.2. The van der Waals surface area contributed by atoms with Gasteiger partial charge in [-0.25, -0.2) is 0 Å². The van der Waals surface area contributed by atoms with E-state index in [2.05, 4.69) is 4.74 Å². The number of alkyl halides is 3. The second-order valence-corrected chi connectivity index (χ2v) is 2.40. The van der Waals surface area contributed by atoms with Gasteiger partial charge in [-0.05, 0) is 17.7 Å². The van der Waals surface area contributed by atoms with E-state index in [9.17, 15) is 13.2 Å². The van der Waals surface area contributed by atoms with E-state index in [0.29, 0.717) is 5.56 Å². The number of rotatable bonds is 2. The Hall–Kier alpha value is -0.940. The van der Waals surface area contributed by atoms with E-state index < -0.39 is 6.36 Å². The first-order valence-corrected chi connectivity index (χ1v) is 3.56. The van der Waals surface area contributed by atoms with Crippen LogP contribution in [0.25, 0.3) is 0 Å². The molecular formula is C8H9ClF3NO. The summed E-state index contributed by atoms with van der Waals surface area (Å²) in [6, 6.07) is 5.58. The van der Waals surface area contributed by atoms with Gasteiger partial charge in [-0.1, -0.05) is 12.1 Å². The first-order valence-electron chi connectivity index (χ1n) is 3.56. The molecule has 80 valence electrons. The fourth-order valence-corrected chi connectivity index (χ4v) is 0.870. The summed E-state index contributed by atoms with van der Waals surface area (Å²) in [6.07, 6.45) is -4.65. The normalized spacial score (nSPS) is 10.6. The minimum atomic E-state index is -4.65. The van der Waals surface area contributed by atoms with Crippen LogP contribution in [0.15, 0.2) is 24.3 Å². The zero-order chi connectivity index (χ0) is 9.90. The lowest BCUT2D eigenvalue weighted by Gasteiger charge is -2.09. The quantitative estimate of drug-likeness (QED) is 0.842. The van der Waals surface area contributed by atoms with E-state index in [1.165, 1.54) is 18.2 Å². The number of nitrogens with two attached hydrogens (primary N) is 1. The Kier molecular flexibility index (Phi) is 4.73. The van der Waals surface area contributed by atoms with Gasteiger partial charge in [0.2, 0.25) is 0 Å². The monoisotopic (exact) mass is 227 g/mol. The average molecular weight is 228 g/mol. The van der Waals surface area contributed by atoms with Gasteiger partial charge in [0.25, 0.3) is 0 Å². The molecule has 0 heterocycles. The van der Waals surface area contributed by atoms with Gasteiger partial charge in [0.15, 0.2) is 0 Å². The largest absolute Gasteiger partial charge is 0.573 e. The highest BCUT2D eigenvalue weighted by Gasteiger charge is 2.30. The Morgan fingerprint density at radius 2 is 1.93 bits per heavy atom. The maximum Gasteiger partial charge on any atom is 0.573 e. The molecule has 0 unspecified atom stereocenters. The first-order chi connectivity index (χ1) is 6.01. The van der Waals surface area contributed by atoms with E-state index >= 15 is 0 Å². The predicted molar refractivity (Wildman–Crippen MR) is 48.3 cm³/mol. The molecule has 0 spiro atoms. The molecule has 0 bridgehead atoms. The van der Waals surface area contributed by atoms with Crippen LogP contribution in [0.4, 0.5) is 13.2 Å².